The molecule has 0 fully saturated rings. The number of hydrogen-bond acceptors (Lipinski definition) is 17. The van der Waals surface area contributed by atoms with Gasteiger partial charge >= 0.3 is 11.9 Å². The first kappa shape index (κ1) is 61.2. The summed E-state index contributed by atoms with van der Waals surface area (Å²) in [5.74, 6) is -0.405. The summed E-state index contributed by atoms with van der Waals surface area (Å²) in [6.45, 7) is 23.5. The number of ether oxygens (including phenoxy) is 1. The largest absolute Gasteiger partial charge is 0.491 e. The van der Waals surface area contributed by atoms with Gasteiger partial charge in [0, 0.05) is 32.6 Å². The van der Waals surface area contributed by atoms with E-state index in [1.807, 2.05) is 60.6 Å². The lowest BCUT2D eigenvalue weighted by Gasteiger charge is -2.31. The molecule has 7 N–H and O–H groups in total. The number of fused-ring (bicyclic) bond motifs is 2. The number of nitrogens with one attached hydrogen (secondary N) is 3. The number of aromatic carboxylic acids is 2. The molecule has 0 bridgehead atoms. The summed E-state index contributed by atoms with van der Waals surface area (Å²) < 4.78 is 16.4. The van der Waals surface area contributed by atoms with Crippen LogP contribution in [0.4, 0.5) is 40.1 Å². The number of benzene rings is 2. The maximum atomic E-state index is 13.7. The van der Waals surface area contributed by atoms with Crippen LogP contribution < -0.4 is 57.9 Å². The Morgan fingerprint density at radius 1 is 0.607 bits per heavy atom. The minimum atomic E-state index is -1.23. The van der Waals surface area contributed by atoms with Gasteiger partial charge < -0.3 is 45.5 Å². The van der Waals surface area contributed by atoms with Crippen molar-refractivity contribution in [3.8, 4) is 5.75 Å². The van der Waals surface area contributed by atoms with Gasteiger partial charge in [-0.05, 0) is 124 Å². The fraction of sp³-hybridized carbons (Fsp3) is 0.311. The summed E-state index contributed by atoms with van der Waals surface area (Å²) in [5, 5.41) is 28.8. The van der Waals surface area contributed by atoms with E-state index in [9.17, 15) is 48.6 Å². The Balaban J connectivity index is 0.000000186. The zero-order valence-corrected chi connectivity index (χ0v) is 49.9. The number of halogens is 2. The predicted octanol–water partition coefficient (Wildman–Crippen LogP) is 10.8. The zero-order valence-electron chi connectivity index (χ0n) is 48.3. The Bertz CT molecular complexity index is 4110. The molecular weight excluding hydrogens is 1120 g/mol. The smallest absolute Gasteiger partial charge is 0.339 e. The number of carbonyl (C=O) groups excluding carboxylic acids is 2. The number of nitrogens with two attached hydrogens (primary N) is 1. The van der Waals surface area contributed by atoms with Crippen molar-refractivity contribution in [2.75, 3.05) is 32.9 Å². The summed E-state index contributed by atoms with van der Waals surface area (Å²) in [6.07, 6.45) is 0. The number of aromatic nitrogens is 2. The van der Waals surface area contributed by atoms with Gasteiger partial charge in [-0.1, -0.05) is 64.7 Å². The molecule has 6 heterocycles. The molecule has 0 saturated heterocycles. The van der Waals surface area contributed by atoms with Crippen LogP contribution in [-0.2, 0) is 13.1 Å². The number of aryl methyl sites for hydroxylation is 6. The lowest BCUT2D eigenvalue weighted by atomic mass is 9.84. The molecule has 438 valence electrons. The number of anilines is 7. The van der Waals surface area contributed by atoms with Crippen LogP contribution in [0.15, 0.2) is 88.7 Å². The fourth-order valence-electron chi connectivity index (χ4n) is 9.54. The third-order valence-electron chi connectivity index (χ3n) is 14.6. The van der Waals surface area contributed by atoms with E-state index in [1.54, 1.807) is 44.2 Å². The quantitative estimate of drug-likeness (QED) is 0.0584. The third-order valence-corrected chi connectivity index (χ3v) is 15.3. The van der Waals surface area contributed by atoms with E-state index in [0.29, 0.717) is 38.3 Å². The molecule has 4 aromatic carbocycles. The van der Waals surface area contributed by atoms with E-state index >= 15 is 0 Å². The Morgan fingerprint density at radius 2 is 1.02 bits per heavy atom. The van der Waals surface area contributed by atoms with Gasteiger partial charge in [0.05, 0.1) is 54.8 Å². The van der Waals surface area contributed by atoms with Gasteiger partial charge in [-0.15, -0.1) is 0 Å². The van der Waals surface area contributed by atoms with Gasteiger partial charge in [0.25, 0.3) is 33.5 Å². The highest BCUT2D eigenvalue weighted by Crippen LogP contribution is 2.43. The van der Waals surface area contributed by atoms with Crippen molar-refractivity contribution in [1.82, 2.24) is 9.97 Å². The van der Waals surface area contributed by atoms with E-state index in [-0.39, 0.29) is 92.6 Å². The van der Waals surface area contributed by atoms with E-state index < -0.39 is 56.9 Å². The summed E-state index contributed by atoms with van der Waals surface area (Å²) in [4.78, 5) is 110. The average Bonchev–Trinajstić information content (AvgIpc) is 1.67. The molecule has 0 aliphatic carbocycles. The first-order valence-corrected chi connectivity index (χ1v) is 27.1. The van der Waals surface area contributed by atoms with Gasteiger partial charge in [0.2, 0.25) is 0 Å². The van der Waals surface area contributed by atoms with Gasteiger partial charge in [-0.3, -0.25) is 38.6 Å². The second kappa shape index (κ2) is 23.0. The summed E-state index contributed by atoms with van der Waals surface area (Å²) in [7, 11) is 1.26. The number of carboxylic acid groups (broad SMARTS) is 2. The van der Waals surface area contributed by atoms with Crippen LogP contribution in [0.5, 0.6) is 5.75 Å². The average molecular weight is 1190 g/mol. The highest BCUT2D eigenvalue weighted by atomic mass is 35.5. The molecule has 2 aliphatic rings. The molecule has 0 saturated carbocycles. The molecule has 84 heavy (non-hydrogen) atoms. The Hall–Kier alpha value is -8.92. The van der Waals surface area contributed by atoms with E-state index in [0.717, 1.165) is 22.8 Å². The second-order valence-electron chi connectivity index (χ2n) is 22.7. The summed E-state index contributed by atoms with van der Waals surface area (Å²) >= 11 is 12.7. The van der Waals surface area contributed by atoms with Crippen LogP contribution in [-0.4, -0.2) is 51.0 Å². The fourth-order valence-corrected chi connectivity index (χ4v) is 9.97. The minimum Gasteiger partial charge on any atom is -0.491 e. The van der Waals surface area contributed by atoms with E-state index in [1.165, 1.54) is 40.7 Å². The number of furan rings is 2. The zero-order chi connectivity index (χ0) is 61.9. The van der Waals surface area contributed by atoms with Crippen LogP contribution in [0.25, 0.3) is 0 Å². The SMILES string of the molecule is COc1c(Nc2ccc(Cl)c3c2C(=O)N(c2nc(C)ccc2C(=O)O)C3)c(=O)c1=O.Cc1cc([C@H](N)C(C)(C)C)oc1C.Cc1ccc(C(=O)O)c(N2Cc3c(Cl)ccc(Nc4c(N[C@@H](c5cc(C)c(C)o5)C(C)(C)C)c(=O)c4=O)c3C2=O)n1. The number of nitrogens with zero attached hydrogens (tertiary/aromatic N) is 4. The molecular formula is C61H62Cl2N8O13. The van der Waals surface area contributed by atoms with Crippen LogP contribution in [0.3, 0.4) is 0 Å². The molecule has 0 spiro atoms. The molecule has 23 heteroatoms. The molecule has 10 rings (SSSR count). The first-order chi connectivity index (χ1) is 39.2. The standard InChI is InChI=1S/C30H29ClN4O6.C20H14ClN3O6.C11H19NO/c1-13-11-20(41-15(13)3)26(30(4,5)6)34-23-22(24(36)25(23)37)33-19-10-9-18(31)17-12-35(28(38)21(17)19)27-16(29(39)40)8-7-14(2)32-27;1-8-3-4-9(20(28)29)18(22-8)24-7-10-11(21)5-6-12(13(10)19(24)27)23-14-15(25)16(26)17(14)30-2;1-7-6-9(13-8(7)2)10(12)11(3,4)5/h7-11,26,33-34H,12H2,1-6H3,(H,39,40);3-6,23H,7H2,1-2H3,(H,28,29);6,10H,12H2,1-5H3/t26-;;10-/m0.0/s1. The van der Waals surface area contributed by atoms with Crippen molar-refractivity contribution in [3.63, 3.8) is 0 Å². The molecule has 21 nitrogen and oxygen atoms in total. The highest BCUT2D eigenvalue weighted by molar-refractivity contribution is 6.33. The second-order valence-corrected chi connectivity index (χ2v) is 23.5. The number of carboxylic acids is 2. The summed E-state index contributed by atoms with van der Waals surface area (Å²) in [5.41, 5.74) is 7.52. The van der Waals surface area contributed by atoms with Crippen molar-refractivity contribution < 1.29 is 43.0 Å². The first-order valence-electron chi connectivity index (χ1n) is 26.3. The number of rotatable bonds is 13. The van der Waals surface area contributed by atoms with Gasteiger partial charge in [0.1, 0.15) is 51.2 Å². The number of hydrogen-bond donors (Lipinski definition) is 6. The molecule has 2 amide bonds. The normalized spacial score (nSPS) is 13.7. The van der Waals surface area contributed by atoms with E-state index in [2.05, 4.69) is 46.7 Å². The summed E-state index contributed by atoms with van der Waals surface area (Å²) in [6, 6.07) is 15.5. The van der Waals surface area contributed by atoms with Gasteiger partial charge in [-0.2, -0.15) is 0 Å². The number of amides is 2. The van der Waals surface area contributed by atoms with Crippen molar-refractivity contribution in [1.29, 1.82) is 0 Å². The Labute approximate surface area is 491 Å². The molecule has 4 aromatic heterocycles. The topological polar surface area (TPSA) is 307 Å². The maximum Gasteiger partial charge on any atom is 0.339 e. The molecule has 2 atom stereocenters. The van der Waals surface area contributed by atoms with Crippen molar-refractivity contribution in [3.05, 3.63) is 191 Å². The predicted molar refractivity (Wildman–Crippen MR) is 320 cm³/mol. The third kappa shape index (κ3) is 11.6. The number of methoxy groups -OCH3 is 1. The molecule has 0 unspecified atom stereocenters. The van der Waals surface area contributed by atoms with Crippen LogP contribution in [0, 0.1) is 52.4 Å². The number of pyridine rings is 2. The van der Waals surface area contributed by atoms with E-state index in [4.69, 9.17) is 42.5 Å². The monoisotopic (exact) mass is 1180 g/mol. The molecule has 0 radical (unpaired) electrons. The number of carbonyl (C=O) groups is 4. The molecule has 2 aliphatic heterocycles. The van der Waals surface area contributed by atoms with Crippen molar-refractivity contribution in [2.45, 2.75) is 108 Å². The maximum absolute atomic E-state index is 13.7. The Kier molecular flexibility index (Phi) is 16.8. The van der Waals surface area contributed by atoms with Gasteiger partial charge in [-0.25, -0.2) is 19.6 Å². The van der Waals surface area contributed by atoms with Crippen molar-refractivity contribution >= 4 is 87.0 Å². The lowest BCUT2D eigenvalue weighted by Crippen LogP contribution is -2.39. The van der Waals surface area contributed by atoms with Crippen LogP contribution in [0.2, 0.25) is 10.0 Å². The molecule has 8 aromatic rings. The Morgan fingerprint density at radius 3 is 1.42 bits per heavy atom. The van der Waals surface area contributed by atoms with Crippen molar-refractivity contribution in [2.24, 2.45) is 16.6 Å². The highest BCUT2D eigenvalue weighted by Gasteiger charge is 2.40. The van der Waals surface area contributed by atoms with Crippen LogP contribution >= 0.6 is 23.2 Å². The minimum absolute atomic E-state index is 0.00229. The lowest BCUT2D eigenvalue weighted by molar-refractivity contribution is 0.0686. The van der Waals surface area contributed by atoms with Gasteiger partial charge in [0.15, 0.2) is 17.4 Å². The van der Waals surface area contributed by atoms with Crippen LogP contribution in [0.1, 0.15) is 152 Å².